The van der Waals surface area contributed by atoms with Crippen LogP contribution in [0.15, 0.2) is 54.6 Å². The molecule has 1 amide bonds. The summed E-state index contributed by atoms with van der Waals surface area (Å²) in [5, 5.41) is 2.85. The van der Waals surface area contributed by atoms with Crippen molar-refractivity contribution in [2.45, 2.75) is 26.3 Å². The lowest BCUT2D eigenvalue weighted by Crippen LogP contribution is -2.37. The second-order valence-electron chi connectivity index (χ2n) is 6.02. The molecule has 5 heteroatoms. The fourth-order valence-electron chi connectivity index (χ4n) is 2.12. The molecule has 0 unspecified atom stereocenters. The third-order valence-electron chi connectivity index (χ3n) is 3.32. The molecule has 0 fully saturated rings. The van der Waals surface area contributed by atoms with Crippen molar-refractivity contribution >= 4 is 24.0 Å². The number of halogens is 1. The molecule has 0 saturated carbocycles. The minimum atomic E-state index is -0.586. The van der Waals surface area contributed by atoms with Crippen LogP contribution >= 0.6 is 12.4 Å². The molecule has 4 nitrogen and oxygen atoms in total. The van der Waals surface area contributed by atoms with Crippen LogP contribution in [0, 0.1) is 5.92 Å². The molecule has 0 saturated heterocycles. The lowest BCUT2D eigenvalue weighted by molar-refractivity contribution is -0.117. The highest BCUT2D eigenvalue weighted by molar-refractivity contribution is 5.95. The molecule has 0 heterocycles. The van der Waals surface area contributed by atoms with E-state index < -0.39 is 6.04 Å². The average Bonchev–Trinajstić information content (AvgIpc) is 2.54. The Kier molecular flexibility index (Phi) is 8.30. The summed E-state index contributed by atoms with van der Waals surface area (Å²) in [6.45, 7) is 4.83. The normalized spacial score (nSPS) is 11.5. The first-order chi connectivity index (χ1) is 11.0. The summed E-state index contributed by atoms with van der Waals surface area (Å²) in [5.74, 6) is 0.996. The maximum Gasteiger partial charge on any atom is 0.241 e. The molecule has 0 spiro atoms. The molecule has 0 bridgehead atoms. The fourth-order valence-corrected chi connectivity index (χ4v) is 2.12. The summed E-state index contributed by atoms with van der Waals surface area (Å²) < 4.78 is 5.66. The standard InChI is InChI=1S/C19H24N2O2.ClH/c1-14(2)13-23-17-10-6-9-16(12-17)21-19(22)18(20)11-15-7-4-3-5-8-15;/h3-10,12,14,18H,11,13,20H2,1-2H3,(H,21,22);1H/t18-;/m0./s1. The zero-order valence-corrected chi connectivity index (χ0v) is 14.9. The number of benzene rings is 2. The first-order valence-corrected chi connectivity index (χ1v) is 7.88. The van der Waals surface area contributed by atoms with Crippen LogP contribution in [0.1, 0.15) is 19.4 Å². The smallest absolute Gasteiger partial charge is 0.241 e. The Balaban J connectivity index is 0.00000288. The van der Waals surface area contributed by atoms with Gasteiger partial charge in [-0.25, -0.2) is 0 Å². The number of carbonyl (C=O) groups is 1. The predicted molar refractivity (Wildman–Crippen MR) is 101 cm³/mol. The molecule has 0 aromatic heterocycles. The van der Waals surface area contributed by atoms with Crippen molar-refractivity contribution in [3.8, 4) is 5.75 Å². The van der Waals surface area contributed by atoms with Gasteiger partial charge in [0.2, 0.25) is 5.91 Å². The molecule has 1 atom stereocenters. The lowest BCUT2D eigenvalue weighted by Gasteiger charge is -2.14. The van der Waals surface area contributed by atoms with Crippen LogP contribution in [-0.4, -0.2) is 18.6 Å². The molecular formula is C19H25ClN2O2. The number of anilines is 1. The van der Waals surface area contributed by atoms with E-state index in [1.807, 2.05) is 54.6 Å². The van der Waals surface area contributed by atoms with Gasteiger partial charge in [0, 0.05) is 11.8 Å². The van der Waals surface area contributed by atoms with Crippen LogP contribution in [0.4, 0.5) is 5.69 Å². The van der Waals surface area contributed by atoms with Gasteiger partial charge in [-0.2, -0.15) is 0 Å². The van der Waals surface area contributed by atoms with Gasteiger partial charge in [0.1, 0.15) is 5.75 Å². The fraction of sp³-hybridized carbons (Fsp3) is 0.316. The maximum atomic E-state index is 12.2. The number of rotatable bonds is 7. The summed E-state index contributed by atoms with van der Waals surface area (Å²) in [5.41, 5.74) is 7.73. The van der Waals surface area contributed by atoms with Crippen molar-refractivity contribution in [2.75, 3.05) is 11.9 Å². The van der Waals surface area contributed by atoms with Crippen LogP contribution < -0.4 is 15.8 Å². The van der Waals surface area contributed by atoms with E-state index in [1.165, 1.54) is 0 Å². The number of ether oxygens (including phenoxy) is 1. The van der Waals surface area contributed by atoms with Crippen LogP contribution in [0.3, 0.4) is 0 Å². The summed E-state index contributed by atoms with van der Waals surface area (Å²) in [6.07, 6.45) is 0.510. The van der Waals surface area contributed by atoms with Gasteiger partial charge in [0.15, 0.2) is 0 Å². The first-order valence-electron chi connectivity index (χ1n) is 7.88. The van der Waals surface area contributed by atoms with Crippen LogP contribution in [0.5, 0.6) is 5.75 Å². The molecule has 130 valence electrons. The number of amides is 1. The van der Waals surface area contributed by atoms with Crippen molar-refractivity contribution in [3.63, 3.8) is 0 Å². The molecule has 0 aliphatic rings. The Morgan fingerprint density at radius 1 is 1.12 bits per heavy atom. The Labute approximate surface area is 149 Å². The highest BCUT2D eigenvalue weighted by Crippen LogP contribution is 2.18. The average molecular weight is 349 g/mol. The number of nitrogens with two attached hydrogens (primary N) is 1. The van der Waals surface area contributed by atoms with Gasteiger partial charge in [-0.05, 0) is 30.0 Å². The quantitative estimate of drug-likeness (QED) is 0.802. The van der Waals surface area contributed by atoms with E-state index in [1.54, 1.807) is 0 Å². The third-order valence-corrected chi connectivity index (χ3v) is 3.32. The van der Waals surface area contributed by atoms with Crippen LogP contribution in [0.2, 0.25) is 0 Å². The van der Waals surface area contributed by atoms with Gasteiger partial charge in [-0.15, -0.1) is 12.4 Å². The Morgan fingerprint density at radius 3 is 2.50 bits per heavy atom. The predicted octanol–water partition coefficient (Wildman–Crippen LogP) is 3.65. The number of carbonyl (C=O) groups excluding carboxylic acids is 1. The minimum absolute atomic E-state index is 0. The second-order valence-corrected chi connectivity index (χ2v) is 6.02. The molecule has 2 aromatic rings. The molecular weight excluding hydrogens is 324 g/mol. The van der Waals surface area contributed by atoms with Crippen molar-refractivity contribution < 1.29 is 9.53 Å². The van der Waals surface area contributed by atoms with E-state index in [2.05, 4.69) is 19.2 Å². The molecule has 0 aliphatic carbocycles. The molecule has 24 heavy (non-hydrogen) atoms. The van der Waals surface area contributed by atoms with E-state index >= 15 is 0 Å². The Hall–Kier alpha value is -2.04. The molecule has 0 radical (unpaired) electrons. The van der Waals surface area contributed by atoms with Crippen molar-refractivity contribution in [1.29, 1.82) is 0 Å². The third kappa shape index (κ3) is 6.60. The van der Waals surface area contributed by atoms with Gasteiger partial charge in [-0.1, -0.05) is 50.2 Å². The van der Waals surface area contributed by atoms with Crippen LogP contribution in [-0.2, 0) is 11.2 Å². The second kappa shape index (κ2) is 9.96. The zero-order chi connectivity index (χ0) is 16.7. The first kappa shape index (κ1) is 20.0. The summed E-state index contributed by atoms with van der Waals surface area (Å²) in [4.78, 5) is 12.2. The topological polar surface area (TPSA) is 64.3 Å². The van der Waals surface area contributed by atoms with Gasteiger partial charge in [0.05, 0.1) is 12.6 Å². The summed E-state index contributed by atoms with van der Waals surface area (Å²) >= 11 is 0. The maximum absolute atomic E-state index is 12.2. The van der Waals surface area contributed by atoms with E-state index in [9.17, 15) is 4.79 Å². The van der Waals surface area contributed by atoms with Crippen LogP contribution in [0.25, 0.3) is 0 Å². The van der Waals surface area contributed by atoms with Gasteiger partial charge in [0.25, 0.3) is 0 Å². The molecule has 2 aromatic carbocycles. The summed E-state index contributed by atoms with van der Waals surface area (Å²) in [7, 11) is 0. The van der Waals surface area contributed by atoms with Gasteiger partial charge in [-0.3, -0.25) is 4.79 Å². The number of hydrogen-bond acceptors (Lipinski definition) is 3. The highest BCUT2D eigenvalue weighted by atomic mass is 35.5. The number of hydrogen-bond donors (Lipinski definition) is 2. The Bertz CT molecular complexity index is 632. The van der Waals surface area contributed by atoms with Crippen molar-refractivity contribution in [1.82, 2.24) is 0 Å². The summed E-state index contributed by atoms with van der Waals surface area (Å²) in [6, 6.07) is 16.5. The van der Waals surface area contributed by atoms with E-state index in [0.29, 0.717) is 24.6 Å². The highest BCUT2D eigenvalue weighted by Gasteiger charge is 2.14. The SMILES string of the molecule is CC(C)COc1cccc(NC(=O)[C@@H](N)Cc2ccccc2)c1.Cl. The molecule has 2 rings (SSSR count). The number of nitrogens with one attached hydrogen (secondary N) is 1. The van der Waals surface area contributed by atoms with E-state index in [4.69, 9.17) is 10.5 Å². The van der Waals surface area contributed by atoms with E-state index in [-0.39, 0.29) is 18.3 Å². The van der Waals surface area contributed by atoms with Crippen molar-refractivity contribution in [2.24, 2.45) is 11.7 Å². The monoisotopic (exact) mass is 348 g/mol. The zero-order valence-electron chi connectivity index (χ0n) is 14.1. The minimum Gasteiger partial charge on any atom is -0.493 e. The Morgan fingerprint density at radius 2 is 1.83 bits per heavy atom. The van der Waals surface area contributed by atoms with Gasteiger partial charge < -0.3 is 15.8 Å². The van der Waals surface area contributed by atoms with Crippen molar-refractivity contribution in [3.05, 3.63) is 60.2 Å². The van der Waals surface area contributed by atoms with Gasteiger partial charge >= 0.3 is 0 Å². The van der Waals surface area contributed by atoms with E-state index in [0.717, 1.165) is 11.3 Å². The lowest BCUT2D eigenvalue weighted by atomic mass is 10.1. The molecule has 3 N–H and O–H groups in total. The largest absolute Gasteiger partial charge is 0.493 e. The molecule has 0 aliphatic heterocycles.